The molecule has 0 saturated heterocycles. The number of ether oxygens (including phenoxy) is 1. The number of dihydropyridines is 1. The van der Waals surface area contributed by atoms with Crippen LogP contribution in [0, 0.1) is 5.82 Å². The first-order chi connectivity index (χ1) is 15.6. The molecule has 176 valence electrons. The van der Waals surface area contributed by atoms with Crippen LogP contribution in [-0.4, -0.2) is 32.7 Å². The van der Waals surface area contributed by atoms with Crippen LogP contribution in [0.1, 0.15) is 31.7 Å². The van der Waals surface area contributed by atoms with E-state index in [1.807, 2.05) is 0 Å². The lowest BCUT2D eigenvalue weighted by Gasteiger charge is -2.31. The highest BCUT2D eigenvalue weighted by Crippen LogP contribution is 2.45. The summed E-state index contributed by atoms with van der Waals surface area (Å²) in [6, 6.07) is 9.20. The fourth-order valence-electron chi connectivity index (χ4n) is 3.68. The highest BCUT2D eigenvalue weighted by atomic mass is 35.5. The van der Waals surface area contributed by atoms with Gasteiger partial charge in [-0.05, 0) is 55.8 Å². The van der Waals surface area contributed by atoms with Crippen molar-refractivity contribution < 1.29 is 27.4 Å². The van der Waals surface area contributed by atoms with Gasteiger partial charge in [-0.15, -0.1) is 0 Å². The van der Waals surface area contributed by atoms with Crippen LogP contribution in [0.4, 0.5) is 4.39 Å². The zero-order chi connectivity index (χ0) is 24.3. The molecule has 0 aliphatic carbocycles. The van der Waals surface area contributed by atoms with Gasteiger partial charge in [0.25, 0.3) is 0 Å². The van der Waals surface area contributed by atoms with Crippen molar-refractivity contribution in [3.8, 4) is 0 Å². The van der Waals surface area contributed by atoms with Crippen molar-refractivity contribution in [3.05, 3.63) is 85.8 Å². The molecule has 1 atom stereocenters. The number of carbonyl (C=O) groups excluding carboxylic acids is 1. The number of aliphatic hydroxyl groups excluding tert-OH is 1. The van der Waals surface area contributed by atoms with E-state index in [0.717, 1.165) is 12.1 Å². The van der Waals surface area contributed by atoms with Crippen LogP contribution in [0.2, 0.25) is 10.0 Å². The predicted octanol–water partition coefficient (Wildman–Crippen LogP) is 4.72. The molecule has 2 N–H and O–H groups in total. The number of aliphatic hydroxyl groups is 1. The van der Waals surface area contributed by atoms with Crippen molar-refractivity contribution >= 4 is 39.0 Å². The summed E-state index contributed by atoms with van der Waals surface area (Å²) in [7, 11) is -4.14. The van der Waals surface area contributed by atoms with Gasteiger partial charge in [-0.25, -0.2) is 17.6 Å². The Bertz CT molecular complexity index is 1240. The first-order valence-corrected chi connectivity index (χ1v) is 12.2. The largest absolute Gasteiger partial charge is 0.462 e. The summed E-state index contributed by atoms with van der Waals surface area (Å²) < 4.78 is 46.6. The minimum Gasteiger partial charge on any atom is -0.462 e. The lowest BCUT2D eigenvalue weighted by molar-refractivity contribution is -0.139. The van der Waals surface area contributed by atoms with Crippen LogP contribution in [0.3, 0.4) is 0 Å². The summed E-state index contributed by atoms with van der Waals surface area (Å²) >= 11 is 12.3. The van der Waals surface area contributed by atoms with Gasteiger partial charge >= 0.3 is 5.97 Å². The SMILES string of the molecule is CC1=C(C(=O)OCCCO)C(c2ccc(F)cc2Cl)C(S(=O)(=O)c2ccc(Cl)cc2)=C(C)N1. The van der Waals surface area contributed by atoms with E-state index in [-0.39, 0.29) is 45.6 Å². The van der Waals surface area contributed by atoms with Crippen LogP contribution in [-0.2, 0) is 19.4 Å². The Labute approximate surface area is 201 Å². The average molecular weight is 514 g/mol. The molecule has 0 radical (unpaired) electrons. The van der Waals surface area contributed by atoms with Gasteiger partial charge in [-0.2, -0.15) is 0 Å². The van der Waals surface area contributed by atoms with E-state index in [1.165, 1.54) is 30.3 Å². The summed E-state index contributed by atoms with van der Waals surface area (Å²) in [4.78, 5) is 12.9. The van der Waals surface area contributed by atoms with E-state index in [0.29, 0.717) is 16.4 Å². The molecular formula is C23H22Cl2FNO5S. The summed E-state index contributed by atoms with van der Waals surface area (Å²) in [6.07, 6.45) is 0.221. The fourth-order valence-corrected chi connectivity index (χ4v) is 5.84. The lowest BCUT2D eigenvalue weighted by Crippen LogP contribution is -2.32. The second-order valence-corrected chi connectivity index (χ2v) is 10.2. The molecule has 0 fully saturated rings. The number of benzene rings is 2. The highest BCUT2D eigenvalue weighted by Gasteiger charge is 2.41. The van der Waals surface area contributed by atoms with Gasteiger partial charge in [0.1, 0.15) is 5.82 Å². The van der Waals surface area contributed by atoms with Gasteiger partial charge in [-0.3, -0.25) is 0 Å². The first kappa shape index (κ1) is 25.2. The topological polar surface area (TPSA) is 92.7 Å². The Morgan fingerprint density at radius 3 is 2.39 bits per heavy atom. The maximum Gasteiger partial charge on any atom is 0.336 e. The number of nitrogens with one attached hydrogen (secondary N) is 1. The Morgan fingerprint density at radius 1 is 1.12 bits per heavy atom. The van der Waals surface area contributed by atoms with Crippen molar-refractivity contribution in [2.75, 3.05) is 13.2 Å². The van der Waals surface area contributed by atoms with Crippen molar-refractivity contribution in [1.29, 1.82) is 0 Å². The monoisotopic (exact) mass is 513 g/mol. The van der Waals surface area contributed by atoms with Crippen molar-refractivity contribution in [3.63, 3.8) is 0 Å². The zero-order valence-corrected chi connectivity index (χ0v) is 20.2. The molecule has 33 heavy (non-hydrogen) atoms. The molecule has 1 aliphatic heterocycles. The van der Waals surface area contributed by atoms with Gasteiger partial charge in [-0.1, -0.05) is 29.3 Å². The number of allylic oxidation sites excluding steroid dienone is 3. The van der Waals surface area contributed by atoms with Crippen LogP contribution >= 0.6 is 23.2 Å². The molecule has 1 aliphatic rings. The van der Waals surface area contributed by atoms with E-state index in [4.69, 9.17) is 33.0 Å². The Hall–Kier alpha value is -2.39. The molecule has 0 saturated carbocycles. The van der Waals surface area contributed by atoms with E-state index in [1.54, 1.807) is 13.8 Å². The summed E-state index contributed by atoms with van der Waals surface area (Å²) in [5.41, 5.74) is 0.932. The molecular weight excluding hydrogens is 492 g/mol. The number of sulfone groups is 1. The summed E-state index contributed by atoms with van der Waals surface area (Å²) in [5.74, 6) is -2.52. The van der Waals surface area contributed by atoms with E-state index < -0.39 is 27.5 Å². The molecule has 1 unspecified atom stereocenters. The predicted molar refractivity (Wildman–Crippen MR) is 124 cm³/mol. The molecule has 0 aromatic heterocycles. The number of hydrogen-bond acceptors (Lipinski definition) is 6. The Balaban J connectivity index is 2.23. The van der Waals surface area contributed by atoms with Gasteiger partial charge in [0.15, 0.2) is 0 Å². The minimum absolute atomic E-state index is 0.0274. The molecule has 2 aromatic rings. The molecule has 3 rings (SSSR count). The first-order valence-electron chi connectivity index (χ1n) is 10.00. The maximum absolute atomic E-state index is 13.8. The number of hydrogen-bond donors (Lipinski definition) is 2. The standard InChI is InChI=1S/C23H22Cl2FNO5S/c1-13-20(23(29)32-11-3-10-28)21(18-9-6-16(26)12-19(18)25)22(14(2)27-13)33(30,31)17-7-4-15(24)5-8-17/h4-9,12,21,27-28H,3,10-11H2,1-2H3. The molecule has 2 aromatic carbocycles. The van der Waals surface area contributed by atoms with Crippen molar-refractivity contribution in [2.45, 2.75) is 31.1 Å². The third-order valence-electron chi connectivity index (χ3n) is 5.14. The van der Waals surface area contributed by atoms with Gasteiger partial charge in [0, 0.05) is 34.5 Å². The lowest BCUT2D eigenvalue weighted by atomic mass is 9.86. The third-order valence-corrected chi connectivity index (χ3v) is 7.73. The molecule has 0 spiro atoms. The van der Waals surface area contributed by atoms with Gasteiger partial charge in [0.05, 0.1) is 27.9 Å². The van der Waals surface area contributed by atoms with E-state index in [2.05, 4.69) is 5.32 Å². The second kappa shape index (κ2) is 10.3. The minimum atomic E-state index is -4.14. The van der Waals surface area contributed by atoms with Crippen LogP contribution in [0.15, 0.2) is 69.2 Å². The zero-order valence-electron chi connectivity index (χ0n) is 17.9. The molecule has 0 amide bonds. The van der Waals surface area contributed by atoms with Crippen LogP contribution in [0.5, 0.6) is 0 Å². The smallest absolute Gasteiger partial charge is 0.336 e. The van der Waals surface area contributed by atoms with Gasteiger partial charge < -0.3 is 15.2 Å². The second-order valence-electron chi connectivity index (χ2n) is 7.42. The number of carbonyl (C=O) groups is 1. The number of halogens is 3. The van der Waals surface area contributed by atoms with Crippen molar-refractivity contribution in [2.24, 2.45) is 0 Å². The Kier molecular flexibility index (Phi) is 7.84. The Morgan fingerprint density at radius 2 is 1.79 bits per heavy atom. The molecule has 10 heteroatoms. The number of rotatable bonds is 7. The van der Waals surface area contributed by atoms with E-state index in [9.17, 15) is 17.6 Å². The average Bonchev–Trinajstić information content (AvgIpc) is 2.73. The highest BCUT2D eigenvalue weighted by molar-refractivity contribution is 7.95. The normalized spacial score (nSPS) is 16.6. The van der Waals surface area contributed by atoms with E-state index >= 15 is 0 Å². The summed E-state index contributed by atoms with van der Waals surface area (Å²) in [6.45, 7) is 2.96. The number of esters is 1. The third kappa shape index (κ3) is 5.24. The quantitative estimate of drug-likeness (QED) is 0.410. The molecule has 6 nitrogen and oxygen atoms in total. The van der Waals surface area contributed by atoms with Gasteiger partial charge in [0.2, 0.25) is 9.84 Å². The fraction of sp³-hybridized carbons (Fsp3) is 0.261. The van der Waals surface area contributed by atoms with Crippen molar-refractivity contribution in [1.82, 2.24) is 5.32 Å². The molecule has 0 bridgehead atoms. The maximum atomic E-state index is 13.8. The summed E-state index contributed by atoms with van der Waals surface area (Å²) in [5, 5.41) is 12.3. The molecule has 1 heterocycles. The van der Waals surface area contributed by atoms with Crippen LogP contribution < -0.4 is 5.32 Å². The van der Waals surface area contributed by atoms with Crippen LogP contribution in [0.25, 0.3) is 0 Å².